The van der Waals surface area contributed by atoms with Gasteiger partial charge in [-0.1, -0.05) is 24.3 Å². The molecule has 2 aliphatic rings. The number of para-hydroxylation sites is 1. The van der Waals surface area contributed by atoms with Gasteiger partial charge < -0.3 is 15.4 Å². The van der Waals surface area contributed by atoms with E-state index in [0.29, 0.717) is 17.9 Å². The van der Waals surface area contributed by atoms with E-state index in [-0.39, 0.29) is 5.91 Å². The molecule has 0 aliphatic carbocycles. The van der Waals surface area contributed by atoms with E-state index in [9.17, 15) is 4.79 Å². The Labute approximate surface area is 128 Å². The van der Waals surface area contributed by atoms with E-state index < -0.39 is 0 Å². The summed E-state index contributed by atoms with van der Waals surface area (Å²) in [5.74, 6) is 0.579. The molecule has 2 heterocycles. The van der Waals surface area contributed by atoms with E-state index >= 15 is 0 Å². The number of hydrogen-bond donors (Lipinski definition) is 2. The number of nitrogens with one attached hydrogen (secondary N) is 2. The third-order valence-electron chi connectivity index (χ3n) is 4.01. The average molecular weight is 292 g/mol. The Balaban J connectivity index is 1.89. The lowest BCUT2D eigenvalue weighted by atomic mass is 10.00. The molecule has 2 aliphatic heterocycles. The molecule has 0 unspecified atom stereocenters. The first-order valence-electron chi connectivity index (χ1n) is 7.43. The molecule has 2 aromatic rings. The molecule has 2 N–H and O–H groups in total. The maximum atomic E-state index is 12.4. The van der Waals surface area contributed by atoms with Gasteiger partial charge in [0.15, 0.2) is 0 Å². The molecule has 2 aromatic carbocycles. The molecule has 4 nitrogen and oxygen atoms in total. The fourth-order valence-electron chi connectivity index (χ4n) is 3.00. The standard InChI is InChI=1S/C18H16N2O2/c1-2-19-12-8-7-11-10-22-17(14(11)9-12)16-13-5-3-4-6-15(13)20-18(16)21/h3-9,19H,2,10H2,1H3,(H,20,21). The molecule has 0 saturated carbocycles. The van der Waals surface area contributed by atoms with Crippen molar-refractivity contribution in [3.05, 3.63) is 59.2 Å². The highest BCUT2D eigenvalue weighted by atomic mass is 16.5. The van der Waals surface area contributed by atoms with Gasteiger partial charge in [0, 0.05) is 34.6 Å². The van der Waals surface area contributed by atoms with Crippen molar-refractivity contribution in [3.63, 3.8) is 0 Å². The fraction of sp³-hybridized carbons (Fsp3) is 0.167. The van der Waals surface area contributed by atoms with E-state index in [0.717, 1.165) is 34.6 Å². The molecule has 4 rings (SSSR count). The molecule has 0 spiro atoms. The minimum atomic E-state index is -0.0992. The van der Waals surface area contributed by atoms with Gasteiger partial charge in [-0.2, -0.15) is 0 Å². The van der Waals surface area contributed by atoms with Gasteiger partial charge >= 0.3 is 0 Å². The van der Waals surface area contributed by atoms with Crippen LogP contribution >= 0.6 is 0 Å². The number of ether oxygens (including phenoxy) is 1. The van der Waals surface area contributed by atoms with Gasteiger partial charge in [0.2, 0.25) is 0 Å². The Morgan fingerprint density at radius 3 is 2.91 bits per heavy atom. The van der Waals surface area contributed by atoms with Crippen molar-refractivity contribution >= 4 is 28.6 Å². The molecular formula is C18H16N2O2. The largest absolute Gasteiger partial charge is 0.487 e. The molecule has 0 bridgehead atoms. The zero-order valence-corrected chi connectivity index (χ0v) is 12.3. The van der Waals surface area contributed by atoms with Gasteiger partial charge in [-0.15, -0.1) is 0 Å². The van der Waals surface area contributed by atoms with Crippen LogP contribution in [-0.2, 0) is 16.1 Å². The van der Waals surface area contributed by atoms with Crippen molar-refractivity contribution in [3.8, 4) is 0 Å². The second-order valence-corrected chi connectivity index (χ2v) is 5.39. The van der Waals surface area contributed by atoms with Crippen molar-refractivity contribution in [2.24, 2.45) is 0 Å². The number of benzene rings is 2. The zero-order chi connectivity index (χ0) is 15.1. The lowest BCUT2D eigenvalue weighted by Crippen LogP contribution is -2.05. The summed E-state index contributed by atoms with van der Waals surface area (Å²) >= 11 is 0. The van der Waals surface area contributed by atoms with Crippen LogP contribution in [0.25, 0.3) is 11.3 Å². The van der Waals surface area contributed by atoms with Crippen LogP contribution in [0, 0.1) is 0 Å². The van der Waals surface area contributed by atoms with Crippen molar-refractivity contribution in [2.45, 2.75) is 13.5 Å². The van der Waals surface area contributed by atoms with E-state index in [1.807, 2.05) is 30.3 Å². The topological polar surface area (TPSA) is 50.4 Å². The lowest BCUT2D eigenvalue weighted by molar-refractivity contribution is -0.110. The van der Waals surface area contributed by atoms with E-state index in [4.69, 9.17) is 4.74 Å². The minimum Gasteiger partial charge on any atom is -0.487 e. The van der Waals surface area contributed by atoms with Crippen molar-refractivity contribution in [1.29, 1.82) is 0 Å². The summed E-state index contributed by atoms with van der Waals surface area (Å²) in [6.07, 6.45) is 0. The van der Waals surface area contributed by atoms with Crippen LogP contribution in [0.4, 0.5) is 11.4 Å². The van der Waals surface area contributed by atoms with Gasteiger partial charge in [0.1, 0.15) is 12.4 Å². The molecule has 0 radical (unpaired) electrons. The Kier molecular flexibility index (Phi) is 2.89. The second kappa shape index (κ2) is 4.91. The molecule has 110 valence electrons. The third-order valence-corrected chi connectivity index (χ3v) is 4.01. The zero-order valence-electron chi connectivity index (χ0n) is 12.3. The smallest absolute Gasteiger partial charge is 0.260 e. The predicted octanol–water partition coefficient (Wildman–Crippen LogP) is 3.47. The van der Waals surface area contributed by atoms with Crippen molar-refractivity contribution < 1.29 is 9.53 Å². The fourth-order valence-corrected chi connectivity index (χ4v) is 3.00. The molecule has 1 amide bonds. The number of amides is 1. The summed E-state index contributed by atoms with van der Waals surface area (Å²) < 4.78 is 5.86. The molecule has 0 fully saturated rings. The Morgan fingerprint density at radius 1 is 1.18 bits per heavy atom. The predicted molar refractivity (Wildman–Crippen MR) is 87.3 cm³/mol. The highest BCUT2D eigenvalue weighted by molar-refractivity contribution is 6.36. The summed E-state index contributed by atoms with van der Waals surface area (Å²) in [6, 6.07) is 13.9. The molecule has 0 aromatic heterocycles. The Morgan fingerprint density at radius 2 is 2.05 bits per heavy atom. The van der Waals surface area contributed by atoms with Crippen LogP contribution in [0.5, 0.6) is 0 Å². The quantitative estimate of drug-likeness (QED) is 0.833. The summed E-state index contributed by atoms with van der Waals surface area (Å²) in [5.41, 5.74) is 5.53. The normalized spacial score (nSPS) is 18.5. The highest BCUT2D eigenvalue weighted by Crippen LogP contribution is 2.42. The van der Waals surface area contributed by atoms with Crippen molar-refractivity contribution in [2.75, 3.05) is 17.2 Å². The first-order chi connectivity index (χ1) is 10.8. The molecule has 22 heavy (non-hydrogen) atoms. The van der Waals surface area contributed by atoms with Crippen molar-refractivity contribution in [1.82, 2.24) is 0 Å². The number of rotatable bonds is 2. The highest BCUT2D eigenvalue weighted by Gasteiger charge is 2.32. The van der Waals surface area contributed by atoms with Crippen LogP contribution in [0.2, 0.25) is 0 Å². The Hall–Kier alpha value is -2.75. The van der Waals surface area contributed by atoms with Gasteiger partial charge in [0.25, 0.3) is 5.91 Å². The maximum Gasteiger partial charge on any atom is 0.260 e. The minimum absolute atomic E-state index is 0.0992. The molecular weight excluding hydrogens is 276 g/mol. The number of fused-ring (bicyclic) bond motifs is 2. The lowest BCUT2D eigenvalue weighted by Gasteiger charge is -2.07. The van der Waals surface area contributed by atoms with Crippen LogP contribution in [0.1, 0.15) is 23.6 Å². The molecule has 0 atom stereocenters. The molecule has 4 heteroatoms. The van der Waals surface area contributed by atoms with Gasteiger partial charge in [-0.25, -0.2) is 0 Å². The van der Waals surface area contributed by atoms with Gasteiger partial charge in [-0.05, 0) is 25.1 Å². The first kappa shape index (κ1) is 13.0. The van der Waals surface area contributed by atoms with Crippen LogP contribution in [0.15, 0.2) is 42.5 Å². The van der Waals surface area contributed by atoms with Gasteiger partial charge in [-0.3, -0.25) is 4.79 Å². The number of carbonyl (C=O) groups is 1. The SMILES string of the molecule is CCNc1ccc2c(c1)C(=C1C(=O)Nc3ccccc31)OC2. The molecule has 0 saturated heterocycles. The van der Waals surface area contributed by atoms with E-state index in [1.54, 1.807) is 0 Å². The van der Waals surface area contributed by atoms with Gasteiger partial charge in [0.05, 0.1) is 5.57 Å². The number of hydrogen-bond acceptors (Lipinski definition) is 3. The average Bonchev–Trinajstić information content (AvgIpc) is 3.07. The summed E-state index contributed by atoms with van der Waals surface area (Å²) in [6.45, 7) is 3.43. The first-order valence-corrected chi connectivity index (χ1v) is 7.43. The third kappa shape index (κ3) is 1.88. The second-order valence-electron chi connectivity index (χ2n) is 5.39. The number of anilines is 2. The van der Waals surface area contributed by atoms with Crippen LogP contribution in [0.3, 0.4) is 0 Å². The van der Waals surface area contributed by atoms with Crippen LogP contribution in [-0.4, -0.2) is 12.5 Å². The Bertz CT molecular complexity index is 808. The summed E-state index contributed by atoms with van der Waals surface area (Å²) in [4.78, 5) is 12.4. The maximum absolute atomic E-state index is 12.4. The van der Waals surface area contributed by atoms with E-state index in [1.165, 1.54) is 0 Å². The van der Waals surface area contributed by atoms with E-state index in [2.05, 4.69) is 29.7 Å². The van der Waals surface area contributed by atoms with Crippen LogP contribution < -0.4 is 10.6 Å². The summed E-state index contributed by atoms with van der Waals surface area (Å²) in [5, 5.41) is 6.20. The number of carbonyl (C=O) groups excluding carboxylic acids is 1. The summed E-state index contributed by atoms with van der Waals surface area (Å²) in [7, 11) is 0. The monoisotopic (exact) mass is 292 g/mol.